The van der Waals surface area contributed by atoms with Crippen molar-refractivity contribution in [2.45, 2.75) is 44.2 Å². The number of esters is 1. The molecule has 1 aliphatic heterocycles. The fraction of sp³-hybridized carbons (Fsp3) is 0.360. The molecular weight excluding hydrogens is 502 g/mol. The molecule has 0 amide bonds. The molecule has 0 saturated carbocycles. The summed E-state index contributed by atoms with van der Waals surface area (Å²) in [6.45, 7) is 4.46. The van der Waals surface area contributed by atoms with E-state index in [1.54, 1.807) is 30.4 Å². The Labute approximate surface area is 214 Å². The van der Waals surface area contributed by atoms with E-state index in [-0.39, 0.29) is 36.3 Å². The average molecular weight is 532 g/mol. The molecule has 0 aliphatic carbocycles. The van der Waals surface area contributed by atoms with Gasteiger partial charge in [0.05, 0.1) is 25.9 Å². The lowest BCUT2D eigenvalue weighted by atomic mass is 10.1. The number of benzene rings is 1. The highest BCUT2D eigenvalue weighted by Gasteiger charge is 2.37. The van der Waals surface area contributed by atoms with Crippen molar-refractivity contribution in [2.24, 2.45) is 0 Å². The number of methoxy groups -OCH3 is 1. The van der Waals surface area contributed by atoms with Gasteiger partial charge in [-0.3, -0.25) is 13.8 Å². The van der Waals surface area contributed by atoms with Crippen LogP contribution in [0.4, 0.5) is 5.69 Å². The average Bonchev–Trinajstić information content (AvgIpc) is 3.56. The number of thiophene rings is 1. The van der Waals surface area contributed by atoms with Gasteiger partial charge < -0.3 is 14.2 Å². The van der Waals surface area contributed by atoms with E-state index in [2.05, 4.69) is 5.10 Å². The van der Waals surface area contributed by atoms with Crippen LogP contribution in [0.3, 0.4) is 0 Å². The maximum absolute atomic E-state index is 14.0. The van der Waals surface area contributed by atoms with Crippen molar-refractivity contribution in [3.05, 3.63) is 52.3 Å². The van der Waals surface area contributed by atoms with Gasteiger partial charge in [-0.25, -0.2) is 8.42 Å². The highest BCUT2D eigenvalue weighted by atomic mass is 32.2. The van der Waals surface area contributed by atoms with Gasteiger partial charge in [0.2, 0.25) is 0 Å². The Hall–Kier alpha value is -3.31. The van der Waals surface area contributed by atoms with Gasteiger partial charge in [0, 0.05) is 24.0 Å². The summed E-state index contributed by atoms with van der Waals surface area (Å²) in [7, 11) is -2.74. The Kier molecular flexibility index (Phi) is 8.00. The lowest BCUT2D eigenvalue weighted by Crippen LogP contribution is -2.43. The molecule has 3 aromatic rings. The summed E-state index contributed by atoms with van der Waals surface area (Å²) in [6, 6.07) is 9.40. The predicted octanol–water partition coefficient (Wildman–Crippen LogP) is 4.44. The van der Waals surface area contributed by atoms with E-state index < -0.39 is 16.1 Å². The maximum atomic E-state index is 14.0. The summed E-state index contributed by atoms with van der Waals surface area (Å²) in [6.07, 6.45) is 5.29. The zero-order valence-corrected chi connectivity index (χ0v) is 22.0. The summed E-state index contributed by atoms with van der Waals surface area (Å²) in [4.78, 5) is 12.8. The van der Waals surface area contributed by atoms with Crippen LogP contribution in [0, 0.1) is 0 Å². The van der Waals surface area contributed by atoms with Gasteiger partial charge in [-0.2, -0.15) is 0 Å². The van der Waals surface area contributed by atoms with E-state index in [0.29, 0.717) is 24.4 Å². The molecule has 0 radical (unpaired) electrons. The van der Waals surface area contributed by atoms with Crippen molar-refractivity contribution in [3.63, 3.8) is 0 Å². The van der Waals surface area contributed by atoms with Crippen LogP contribution in [-0.4, -0.2) is 50.5 Å². The van der Waals surface area contributed by atoms with Gasteiger partial charge in [0.25, 0.3) is 15.9 Å². The van der Waals surface area contributed by atoms with Crippen LogP contribution in [0.15, 0.2) is 46.8 Å². The van der Waals surface area contributed by atoms with E-state index in [9.17, 15) is 13.2 Å². The van der Waals surface area contributed by atoms with Crippen molar-refractivity contribution >= 4 is 45.2 Å². The second-order valence-corrected chi connectivity index (χ2v) is 10.9. The van der Waals surface area contributed by atoms with Crippen molar-refractivity contribution in [1.82, 2.24) is 9.78 Å². The number of aryl methyl sites for hydroxylation is 1. The summed E-state index contributed by atoms with van der Waals surface area (Å²) in [5, 5.41) is 6.28. The molecule has 2 aromatic heterocycles. The van der Waals surface area contributed by atoms with E-state index in [4.69, 9.17) is 14.2 Å². The number of fused-ring (bicyclic) bond motifs is 1. The second-order valence-electron chi connectivity index (χ2n) is 8.05. The SMILES string of the molecule is CCOc1nn(CC)cc1S(=O)(=O)N1CC(CCC(=O)OC)Oc2ccc(/C=C/c3cccs3)cc21. The molecule has 0 N–H and O–H groups in total. The molecule has 0 spiro atoms. The first-order chi connectivity index (χ1) is 17.3. The third-order valence-electron chi connectivity index (χ3n) is 5.67. The largest absolute Gasteiger partial charge is 0.486 e. The van der Waals surface area contributed by atoms with Crippen LogP contribution in [0.2, 0.25) is 0 Å². The van der Waals surface area contributed by atoms with E-state index in [1.807, 2.05) is 42.7 Å². The van der Waals surface area contributed by atoms with Crippen molar-refractivity contribution in [2.75, 3.05) is 24.6 Å². The first-order valence-electron chi connectivity index (χ1n) is 11.7. The number of carbonyl (C=O) groups excluding carboxylic acids is 1. The minimum atomic E-state index is -4.06. The van der Waals surface area contributed by atoms with Crippen LogP contribution in [0.5, 0.6) is 11.6 Å². The molecule has 1 unspecified atom stereocenters. The summed E-state index contributed by atoms with van der Waals surface area (Å²) in [5.74, 6) is 0.108. The normalized spacial score (nSPS) is 15.5. The molecule has 3 heterocycles. The van der Waals surface area contributed by atoms with Crippen molar-refractivity contribution in [3.8, 4) is 11.6 Å². The van der Waals surface area contributed by atoms with Gasteiger partial charge in [0.1, 0.15) is 11.9 Å². The number of ether oxygens (including phenoxy) is 3. The Morgan fingerprint density at radius 2 is 2.11 bits per heavy atom. The number of nitrogens with zero attached hydrogens (tertiary/aromatic N) is 3. The highest BCUT2D eigenvalue weighted by Crippen LogP contribution is 2.40. The van der Waals surface area contributed by atoms with Gasteiger partial charge in [-0.15, -0.1) is 16.4 Å². The Morgan fingerprint density at radius 3 is 2.81 bits per heavy atom. The number of hydrogen-bond donors (Lipinski definition) is 0. The van der Waals surface area contributed by atoms with Crippen LogP contribution in [0.1, 0.15) is 37.1 Å². The molecule has 0 fully saturated rings. The molecule has 4 rings (SSSR count). The molecule has 1 aromatic carbocycles. The molecule has 11 heteroatoms. The summed E-state index contributed by atoms with van der Waals surface area (Å²) < 4.78 is 47.3. The molecule has 36 heavy (non-hydrogen) atoms. The molecule has 9 nitrogen and oxygen atoms in total. The molecule has 0 bridgehead atoms. The van der Waals surface area contributed by atoms with E-state index in [1.165, 1.54) is 22.3 Å². The number of rotatable bonds is 10. The Bertz CT molecular complexity index is 1330. The molecule has 1 aliphatic rings. The zero-order valence-electron chi connectivity index (χ0n) is 20.4. The van der Waals surface area contributed by atoms with Gasteiger partial charge in [-0.1, -0.05) is 18.2 Å². The van der Waals surface area contributed by atoms with Gasteiger partial charge in [-0.05, 0) is 55.5 Å². The predicted molar refractivity (Wildman–Crippen MR) is 139 cm³/mol. The maximum Gasteiger partial charge on any atom is 0.305 e. The summed E-state index contributed by atoms with van der Waals surface area (Å²) >= 11 is 1.61. The fourth-order valence-electron chi connectivity index (χ4n) is 3.84. The number of aromatic nitrogens is 2. The Balaban J connectivity index is 1.74. The van der Waals surface area contributed by atoms with Crippen LogP contribution >= 0.6 is 11.3 Å². The fourth-order valence-corrected chi connectivity index (χ4v) is 6.03. The number of hydrogen-bond acceptors (Lipinski definition) is 8. The topological polar surface area (TPSA) is 100.0 Å². The smallest absolute Gasteiger partial charge is 0.305 e. The van der Waals surface area contributed by atoms with Crippen molar-refractivity contribution < 1.29 is 27.4 Å². The summed E-state index contributed by atoms with van der Waals surface area (Å²) in [5.41, 5.74) is 1.25. The molecule has 1 atom stereocenters. The highest BCUT2D eigenvalue weighted by molar-refractivity contribution is 7.93. The number of carbonyl (C=O) groups is 1. The van der Waals surface area contributed by atoms with Crippen LogP contribution in [-0.2, 0) is 26.1 Å². The molecule has 192 valence electrons. The monoisotopic (exact) mass is 531 g/mol. The molecule has 0 saturated heterocycles. The van der Waals surface area contributed by atoms with Crippen molar-refractivity contribution in [1.29, 1.82) is 0 Å². The van der Waals surface area contributed by atoms with Gasteiger partial charge >= 0.3 is 5.97 Å². The molecular formula is C25H29N3O6S2. The third-order valence-corrected chi connectivity index (χ3v) is 8.26. The minimum Gasteiger partial charge on any atom is -0.486 e. The van der Waals surface area contributed by atoms with Gasteiger partial charge in [0.15, 0.2) is 4.90 Å². The van der Waals surface area contributed by atoms with Crippen LogP contribution < -0.4 is 13.8 Å². The first-order valence-corrected chi connectivity index (χ1v) is 14.0. The first kappa shape index (κ1) is 25.8. The van der Waals surface area contributed by atoms with Crippen LogP contribution in [0.25, 0.3) is 12.2 Å². The number of sulfonamides is 1. The quantitative estimate of drug-likeness (QED) is 0.357. The Morgan fingerprint density at radius 1 is 1.28 bits per heavy atom. The second kappa shape index (κ2) is 11.2. The van der Waals surface area contributed by atoms with E-state index >= 15 is 0 Å². The van der Waals surface area contributed by atoms with E-state index in [0.717, 1.165) is 10.4 Å². The lowest BCUT2D eigenvalue weighted by Gasteiger charge is -2.35. The zero-order chi connectivity index (χ0) is 25.7. The minimum absolute atomic E-state index is 0.00898. The number of anilines is 1. The third kappa shape index (κ3) is 5.57. The standard InChI is InChI=1S/C25H29N3O6S2/c1-4-27-17-23(25(26-27)33-5-2)36(30,31)28-16-19(10-13-24(29)32-3)34-22-12-9-18(15-21(22)28)8-11-20-7-6-14-35-20/h6-9,11-12,14-15,17,19H,4-5,10,13,16H2,1-3H3/b11-8+. The lowest BCUT2D eigenvalue weighted by molar-refractivity contribution is -0.141.